The minimum absolute atomic E-state index is 0.259. The average Bonchev–Trinajstić information content (AvgIpc) is 3.61. The number of hydrogen-bond acceptors (Lipinski definition) is 6. The maximum atomic E-state index is 14.3. The van der Waals surface area contributed by atoms with Gasteiger partial charge < -0.3 is 9.52 Å². The minimum atomic E-state index is -1.19. The molecule has 6 atom stereocenters. The standard InChI is InChI=1S/C32H27ClN2O6/c1-32-24(29(38)35(31(32)40)18-5-3-2-4-6-18)15-23-21(27(32)25-14-11-20(16-36)41-25)12-13-22-26(23)30(39)34(28(22)37)19-9-7-17(33)8-10-19/h2-12,14,22-24,26-27,36H,13,15-16H2,1H3/t22-,23+,24-,26-,27+,32+/m0/s1. The van der Waals surface area contributed by atoms with E-state index in [2.05, 4.69) is 0 Å². The number of aliphatic hydroxyl groups excluding tert-OH is 1. The number of aliphatic hydroxyl groups is 1. The van der Waals surface area contributed by atoms with Crippen LogP contribution in [-0.4, -0.2) is 28.7 Å². The van der Waals surface area contributed by atoms with Crippen LogP contribution in [0.2, 0.25) is 5.02 Å². The Morgan fingerprint density at radius 2 is 1.59 bits per heavy atom. The number of amides is 4. The van der Waals surface area contributed by atoms with Gasteiger partial charge in [0.15, 0.2) is 0 Å². The summed E-state index contributed by atoms with van der Waals surface area (Å²) in [7, 11) is 0. The predicted molar refractivity (Wildman–Crippen MR) is 150 cm³/mol. The lowest BCUT2D eigenvalue weighted by atomic mass is 9.52. The van der Waals surface area contributed by atoms with Crippen molar-refractivity contribution in [1.29, 1.82) is 0 Å². The molecule has 4 amide bonds. The normalized spacial score (nSPS) is 30.8. The molecule has 3 heterocycles. The van der Waals surface area contributed by atoms with Gasteiger partial charge >= 0.3 is 0 Å². The van der Waals surface area contributed by atoms with Crippen LogP contribution in [-0.2, 0) is 25.8 Å². The molecule has 2 aliphatic carbocycles. The maximum Gasteiger partial charge on any atom is 0.241 e. The molecular weight excluding hydrogens is 544 g/mol. The van der Waals surface area contributed by atoms with Crippen LogP contribution in [0.4, 0.5) is 11.4 Å². The Hall–Kier alpha value is -4.01. The van der Waals surface area contributed by atoms with E-state index >= 15 is 0 Å². The number of nitrogens with zero attached hydrogens (tertiary/aromatic N) is 2. The number of para-hydroxylation sites is 1. The first kappa shape index (κ1) is 25.9. The molecule has 2 aliphatic heterocycles. The van der Waals surface area contributed by atoms with Gasteiger partial charge in [0.2, 0.25) is 23.6 Å². The second-order valence-electron chi connectivity index (χ2n) is 11.4. The molecule has 1 aromatic heterocycles. The van der Waals surface area contributed by atoms with E-state index in [1.165, 1.54) is 9.80 Å². The van der Waals surface area contributed by atoms with Gasteiger partial charge in [-0.2, -0.15) is 0 Å². The van der Waals surface area contributed by atoms with Crippen LogP contribution in [0.3, 0.4) is 0 Å². The van der Waals surface area contributed by atoms with Gasteiger partial charge in [-0.3, -0.25) is 24.1 Å². The highest BCUT2D eigenvalue weighted by Crippen LogP contribution is 2.63. The lowest BCUT2D eigenvalue weighted by molar-refractivity contribution is -0.131. The smallest absolute Gasteiger partial charge is 0.241 e. The molecule has 0 bridgehead atoms. The van der Waals surface area contributed by atoms with Crippen LogP contribution in [0, 0.1) is 29.1 Å². The molecule has 41 heavy (non-hydrogen) atoms. The molecule has 2 aromatic carbocycles. The van der Waals surface area contributed by atoms with Gasteiger partial charge in [-0.1, -0.05) is 41.4 Å². The van der Waals surface area contributed by atoms with Gasteiger partial charge in [0.25, 0.3) is 0 Å². The van der Waals surface area contributed by atoms with E-state index in [-0.39, 0.29) is 36.7 Å². The van der Waals surface area contributed by atoms with Crippen LogP contribution in [0.1, 0.15) is 37.2 Å². The quantitative estimate of drug-likeness (QED) is 0.354. The molecule has 0 unspecified atom stereocenters. The number of carbonyl (C=O) groups excluding carboxylic acids is 4. The van der Waals surface area contributed by atoms with E-state index in [9.17, 15) is 24.3 Å². The number of benzene rings is 2. The van der Waals surface area contributed by atoms with Gasteiger partial charge in [0.05, 0.1) is 40.5 Å². The molecule has 1 N–H and O–H groups in total. The number of halogens is 1. The Kier molecular flexibility index (Phi) is 5.85. The number of allylic oxidation sites excluding steroid dienone is 2. The summed E-state index contributed by atoms with van der Waals surface area (Å²) >= 11 is 6.05. The third-order valence-corrected chi connectivity index (χ3v) is 9.75. The molecule has 3 aromatic rings. The summed E-state index contributed by atoms with van der Waals surface area (Å²) in [6.07, 6.45) is 2.56. The van der Waals surface area contributed by atoms with Gasteiger partial charge in [0, 0.05) is 5.02 Å². The number of carbonyl (C=O) groups is 4. The molecule has 7 rings (SSSR count). The molecule has 8 nitrogen and oxygen atoms in total. The van der Waals surface area contributed by atoms with Crippen molar-refractivity contribution in [2.75, 3.05) is 9.80 Å². The summed E-state index contributed by atoms with van der Waals surface area (Å²) < 4.78 is 6.03. The van der Waals surface area contributed by atoms with Crippen molar-refractivity contribution in [1.82, 2.24) is 0 Å². The van der Waals surface area contributed by atoms with Crippen molar-refractivity contribution in [3.05, 3.63) is 94.9 Å². The Bertz CT molecular complexity index is 1630. The van der Waals surface area contributed by atoms with E-state index in [1.54, 1.807) is 67.6 Å². The van der Waals surface area contributed by atoms with Gasteiger partial charge in [-0.05, 0) is 74.2 Å². The summed E-state index contributed by atoms with van der Waals surface area (Å²) in [6, 6.07) is 18.8. The first-order chi connectivity index (χ1) is 19.8. The monoisotopic (exact) mass is 570 g/mol. The van der Waals surface area contributed by atoms with E-state index in [4.69, 9.17) is 16.0 Å². The maximum absolute atomic E-state index is 14.3. The molecular formula is C32H27ClN2O6. The third kappa shape index (κ3) is 3.57. The number of imide groups is 2. The first-order valence-electron chi connectivity index (χ1n) is 13.7. The summed E-state index contributed by atoms with van der Waals surface area (Å²) in [4.78, 5) is 58.4. The van der Waals surface area contributed by atoms with Crippen molar-refractivity contribution in [2.45, 2.75) is 32.3 Å². The van der Waals surface area contributed by atoms with Crippen molar-refractivity contribution >= 4 is 46.6 Å². The number of rotatable bonds is 4. The highest BCUT2D eigenvalue weighted by Gasteiger charge is 2.68. The summed E-state index contributed by atoms with van der Waals surface area (Å²) in [5.41, 5.74) is 0.592. The van der Waals surface area contributed by atoms with Crippen LogP contribution in [0.15, 0.2) is 82.8 Å². The zero-order valence-electron chi connectivity index (χ0n) is 22.2. The van der Waals surface area contributed by atoms with E-state index in [1.807, 2.05) is 12.1 Å². The Morgan fingerprint density at radius 1 is 0.878 bits per heavy atom. The third-order valence-electron chi connectivity index (χ3n) is 9.50. The van der Waals surface area contributed by atoms with Crippen LogP contribution in [0.5, 0.6) is 0 Å². The minimum Gasteiger partial charge on any atom is -0.463 e. The van der Waals surface area contributed by atoms with Gasteiger partial charge in [0.1, 0.15) is 18.1 Å². The topological polar surface area (TPSA) is 108 Å². The van der Waals surface area contributed by atoms with Crippen molar-refractivity contribution in [2.24, 2.45) is 29.1 Å². The first-order valence-corrected chi connectivity index (χ1v) is 14.1. The highest BCUT2D eigenvalue weighted by molar-refractivity contribution is 6.31. The molecule has 3 fully saturated rings. The number of furan rings is 1. The number of fused-ring (bicyclic) bond motifs is 4. The van der Waals surface area contributed by atoms with Gasteiger partial charge in [-0.15, -0.1) is 0 Å². The zero-order valence-corrected chi connectivity index (χ0v) is 23.0. The Balaban J connectivity index is 1.35. The average molecular weight is 571 g/mol. The van der Waals surface area contributed by atoms with Crippen molar-refractivity contribution in [3.8, 4) is 0 Å². The largest absolute Gasteiger partial charge is 0.463 e. The number of anilines is 2. The summed E-state index contributed by atoms with van der Waals surface area (Å²) in [5.74, 6) is -3.52. The number of hydrogen-bond donors (Lipinski definition) is 1. The summed E-state index contributed by atoms with van der Waals surface area (Å²) in [5, 5.41) is 10.2. The SMILES string of the molecule is C[C@@]12C(=O)N(c3ccccc3)C(=O)[C@@H]1C[C@@H]1C(=CC[C@@H]3C(=O)N(c4ccc(Cl)cc4)C(=O)[C@@H]31)[C@@H]2c1ccc(CO)o1. The fourth-order valence-electron chi connectivity index (χ4n) is 7.62. The van der Waals surface area contributed by atoms with Crippen LogP contribution < -0.4 is 9.80 Å². The van der Waals surface area contributed by atoms with E-state index in [0.717, 1.165) is 5.57 Å². The molecule has 4 aliphatic rings. The Labute approximate surface area is 241 Å². The summed E-state index contributed by atoms with van der Waals surface area (Å²) in [6.45, 7) is 1.49. The highest BCUT2D eigenvalue weighted by atomic mass is 35.5. The second-order valence-corrected chi connectivity index (χ2v) is 11.9. The lowest BCUT2D eigenvalue weighted by Crippen LogP contribution is -2.48. The molecule has 9 heteroatoms. The molecule has 0 spiro atoms. The fourth-order valence-corrected chi connectivity index (χ4v) is 7.74. The van der Waals surface area contributed by atoms with Crippen molar-refractivity contribution in [3.63, 3.8) is 0 Å². The predicted octanol–water partition coefficient (Wildman–Crippen LogP) is 4.86. The second kappa shape index (κ2) is 9.26. The van der Waals surface area contributed by atoms with Crippen molar-refractivity contribution < 1.29 is 28.7 Å². The van der Waals surface area contributed by atoms with Crippen LogP contribution >= 0.6 is 11.6 Å². The van der Waals surface area contributed by atoms with E-state index in [0.29, 0.717) is 34.3 Å². The fraction of sp³-hybridized carbons (Fsp3) is 0.312. The van der Waals surface area contributed by atoms with E-state index < -0.39 is 35.0 Å². The zero-order chi connectivity index (χ0) is 28.6. The Morgan fingerprint density at radius 3 is 2.27 bits per heavy atom. The van der Waals surface area contributed by atoms with Crippen LogP contribution in [0.25, 0.3) is 0 Å². The molecule has 0 radical (unpaired) electrons. The van der Waals surface area contributed by atoms with Gasteiger partial charge in [-0.25, -0.2) is 4.90 Å². The molecule has 1 saturated carbocycles. The lowest BCUT2D eigenvalue weighted by Gasteiger charge is -2.48. The molecule has 208 valence electrons. The molecule has 2 saturated heterocycles.